The second-order valence-corrected chi connectivity index (χ2v) is 9.56. The number of carbonyl (C=O) groups excluding carboxylic acids is 1. The lowest BCUT2D eigenvalue weighted by atomic mass is 9.87. The first kappa shape index (κ1) is 25.7. The van der Waals surface area contributed by atoms with Crippen molar-refractivity contribution in [2.45, 2.75) is 123 Å². The quantitative estimate of drug-likeness (QED) is 0.204. The number of hydrogen-bond donors (Lipinski definition) is 0. The van der Waals surface area contributed by atoms with Crippen molar-refractivity contribution in [1.29, 1.82) is 0 Å². The minimum absolute atomic E-state index is 0.108. The van der Waals surface area contributed by atoms with E-state index in [0.717, 1.165) is 12.8 Å². The summed E-state index contributed by atoms with van der Waals surface area (Å²) >= 11 is 0. The van der Waals surface area contributed by atoms with Gasteiger partial charge in [-0.15, -0.1) is 0 Å². The highest BCUT2D eigenvalue weighted by molar-refractivity contribution is 5.89. The molecule has 0 aliphatic rings. The predicted molar refractivity (Wildman–Crippen MR) is 126 cm³/mol. The molecule has 0 amide bonds. The Labute approximate surface area is 180 Å². The van der Waals surface area contributed by atoms with Crippen LogP contribution in [0.5, 0.6) is 0 Å². The van der Waals surface area contributed by atoms with Crippen molar-refractivity contribution in [3.63, 3.8) is 0 Å². The normalized spacial score (nSPS) is 11.6. The molecule has 1 rings (SSSR count). The lowest BCUT2D eigenvalue weighted by Gasteiger charge is -2.18. The summed E-state index contributed by atoms with van der Waals surface area (Å²) in [4.78, 5) is 12.1. The van der Waals surface area contributed by atoms with E-state index in [-0.39, 0.29) is 11.4 Å². The number of unbranched alkanes of at least 4 members (excludes halogenated alkanes) is 13. The number of rotatable bonds is 16. The van der Waals surface area contributed by atoms with Gasteiger partial charge in [0.25, 0.3) is 0 Å². The van der Waals surface area contributed by atoms with E-state index in [4.69, 9.17) is 4.74 Å². The van der Waals surface area contributed by atoms with Crippen LogP contribution in [0.25, 0.3) is 0 Å². The Kier molecular flexibility index (Phi) is 13.8. The fourth-order valence-corrected chi connectivity index (χ4v) is 3.65. The molecule has 0 saturated carbocycles. The largest absolute Gasteiger partial charge is 0.462 e. The minimum atomic E-state index is -0.194. The van der Waals surface area contributed by atoms with Crippen LogP contribution >= 0.6 is 0 Å². The van der Waals surface area contributed by atoms with Crippen LogP contribution in [0, 0.1) is 0 Å². The van der Waals surface area contributed by atoms with Gasteiger partial charge in [0.2, 0.25) is 0 Å². The molecule has 0 aliphatic carbocycles. The summed E-state index contributed by atoms with van der Waals surface area (Å²) in [6, 6.07) is 7.83. The van der Waals surface area contributed by atoms with E-state index in [1.807, 2.05) is 24.3 Å². The predicted octanol–water partition coefficient (Wildman–Crippen LogP) is 8.62. The van der Waals surface area contributed by atoms with Gasteiger partial charge in [-0.25, -0.2) is 4.79 Å². The Morgan fingerprint density at radius 2 is 1.10 bits per heavy atom. The molecule has 0 spiro atoms. The van der Waals surface area contributed by atoms with Gasteiger partial charge in [-0.2, -0.15) is 0 Å². The number of carbonyl (C=O) groups is 1. The van der Waals surface area contributed by atoms with E-state index in [2.05, 4.69) is 27.7 Å². The van der Waals surface area contributed by atoms with E-state index in [1.54, 1.807) is 0 Å². The number of hydrogen-bond acceptors (Lipinski definition) is 2. The van der Waals surface area contributed by atoms with Crippen LogP contribution in [0.4, 0.5) is 0 Å². The molecule has 0 saturated heterocycles. The maximum Gasteiger partial charge on any atom is 0.338 e. The fourth-order valence-electron chi connectivity index (χ4n) is 3.65. The van der Waals surface area contributed by atoms with E-state index in [0.29, 0.717) is 12.2 Å². The van der Waals surface area contributed by atoms with Gasteiger partial charge >= 0.3 is 5.97 Å². The lowest BCUT2D eigenvalue weighted by molar-refractivity contribution is 0.0497. The average molecular weight is 403 g/mol. The highest BCUT2D eigenvalue weighted by Gasteiger charge is 2.14. The fraction of sp³-hybridized carbons (Fsp3) is 0.741. The number of ether oxygens (including phenoxy) is 1. The average Bonchev–Trinajstić information content (AvgIpc) is 2.70. The van der Waals surface area contributed by atoms with Crippen molar-refractivity contribution >= 4 is 5.97 Å². The lowest BCUT2D eigenvalue weighted by Crippen LogP contribution is -2.12. The van der Waals surface area contributed by atoms with Gasteiger partial charge in [-0.3, -0.25) is 0 Å². The Bertz CT molecular complexity index is 524. The molecule has 0 unspecified atom stereocenters. The molecule has 0 aliphatic heterocycles. The summed E-state index contributed by atoms with van der Waals surface area (Å²) in [7, 11) is 0. The zero-order valence-corrected chi connectivity index (χ0v) is 19.7. The standard InChI is InChI=1S/C27H46O2/c1-5-6-7-8-9-10-11-12-13-14-15-16-17-18-23-29-26(28)24-19-21-25(22-20-24)27(2,3)4/h19-22H,5-18,23H2,1-4H3. The van der Waals surface area contributed by atoms with Crippen LogP contribution in [0.3, 0.4) is 0 Å². The molecule has 1 aromatic carbocycles. The molecular formula is C27H46O2. The summed E-state index contributed by atoms with van der Waals surface area (Å²) in [5.41, 5.74) is 2.00. The maximum atomic E-state index is 12.1. The van der Waals surface area contributed by atoms with Crippen LogP contribution in [0.15, 0.2) is 24.3 Å². The van der Waals surface area contributed by atoms with Crippen molar-refractivity contribution in [2.24, 2.45) is 0 Å². The second kappa shape index (κ2) is 15.5. The maximum absolute atomic E-state index is 12.1. The number of benzene rings is 1. The van der Waals surface area contributed by atoms with Crippen LogP contribution < -0.4 is 0 Å². The van der Waals surface area contributed by atoms with Gasteiger partial charge in [0.1, 0.15) is 0 Å². The van der Waals surface area contributed by atoms with Crippen molar-refractivity contribution < 1.29 is 9.53 Å². The van der Waals surface area contributed by atoms with Crippen molar-refractivity contribution in [3.8, 4) is 0 Å². The van der Waals surface area contributed by atoms with Gasteiger partial charge < -0.3 is 4.74 Å². The summed E-state index contributed by atoms with van der Waals surface area (Å²) in [5, 5.41) is 0. The van der Waals surface area contributed by atoms with Gasteiger partial charge in [0.05, 0.1) is 12.2 Å². The molecule has 0 atom stereocenters. The van der Waals surface area contributed by atoms with E-state index < -0.39 is 0 Å². The van der Waals surface area contributed by atoms with Crippen LogP contribution in [0.2, 0.25) is 0 Å². The Morgan fingerprint density at radius 1 is 0.690 bits per heavy atom. The first-order valence-electron chi connectivity index (χ1n) is 12.2. The highest BCUT2D eigenvalue weighted by Crippen LogP contribution is 2.22. The third-order valence-electron chi connectivity index (χ3n) is 5.72. The topological polar surface area (TPSA) is 26.3 Å². The number of esters is 1. The molecule has 166 valence electrons. The van der Waals surface area contributed by atoms with E-state index >= 15 is 0 Å². The Hall–Kier alpha value is -1.31. The first-order valence-corrected chi connectivity index (χ1v) is 12.2. The summed E-state index contributed by atoms with van der Waals surface area (Å²) in [6.45, 7) is 9.35. The van der Waals surface area contributed by atoms with Crippen molar-refractivity contribution in [2.75, 3.05) is 6.61 Å². The molecule has 29 heavy (non-hydrogen) atoms. The summed E-state index contributed by atoms with van der Waals surface area (Å²) in [5.74, 6) is -0.194. The van der Waals surface area contributed by atoms with Crippen molar-refractivity contribution in [3.05, 3.63) is 35.4 Å². The van der Waals surface area contributed by atoms with Gasteiger partial charge in [0, 0.05) is 0 Å². The molecule has 0 radical (unpaired) electrons. The molecule has 0 fully saturated rings. The van der Waals surface area contributed by atoms with Gasteiger partial charge in [-0.1, -0.05) is 123 Å². The smallest absolute Gasteiger partial charge is 0.338 e. The molecule has 0 N–H and O–H groups in total. The molecule has 0 heterocycles. The third-order valence-corrected chi connectivity index (χ3v) is 5.72. The zero-order chi connectivity index (χ0) is 21.4. The van der Waals surface area contributed by atoms with Gasteiger partial charge in [-0.05, 0) is 29.5 Å². The molecule has 1 aromatic rings. The Balaban J connectivity index is 1.93. The first-order chi connectivity index (χ1) is 13.9. The molecule has 2 heteroatoms. The molecule has 0 aromatic heterocycles. The SMILES string of the molecule is CCCCCCCCCCCCCCCCOC(=O)c1ccc(C(C)(C)C)cc1. The van der Waals surface area contributed by atoms with Crippen molar-refractivity contribution in [1.82, 2.24) is 0 Å². The summed E-state index contributed by atoms with van der Waals surface area (Å²) in [6.07, 6.45) is 18.7. The van der Waals surface area contributed by atoms with E-state index in [9.17, 15) is 4.79 Å². The monoisotopic (exact) mass is 402 g/mol. The Morgan fingerprint density at radius 3 is 1.52 bits per heavy atom. The van der Waals surface area contributed by atoms with Gasteiger partial charge in [0.15, 0.2) is 0 Å². The van der Waals surface area contributed by atoms with E-state index in [1.165, 1.54) is 82.6 Å². The summed E-state index contributed by atoms with van der Waals surface area (Å²) < 4.78 is 5.42. The van der Waals surface area contributed by atoms with Crippen LogP contribution in [-0.4, -0.2) is 12.6 Å². The highest BCUT2D eigenvalue weighted by atomic mass is 16.5. The minimum Gasteiger partial charge on any atom is -0.462 e. The zero-order valence-electron chi connectivity index (χ0n) is 19.7. The third kappa shape index (κ3) is 12.8. The second-order valence-electron chi connectivity index (χ2n) is 9.56. The van der Waals surface area contributed by atoms with Crippen LogP contribution in [0.1, 0.15) is 134 Å². The molecular weight excluding hydrogens is 356 g/mol. The molecule has 2 nitrogen and oxygen atoms in total. The van der Waals surface area contributed by atoms with Crippen LogP contribution in [-0.2, 0) is 10.2 Å². The molecule has 0 bridgehead atoms.